The van der Waals surface area contributed by atoms with Crippen LogP contribution in [0.15, 0.2) is 96.0 Å². The minimum absolute atomic E-state index is 0.00972. The van der Waals surface area contributed by atoms with Crippen LogP contribution in [0.25, 0.3) is 11.6 Å². The highest BCUT2D eigenvalue weighted by molar-refractivity contribution is 7.92. The highest BCUT2D eigenvalue weighted by Gasteiger charge is 2.17. The number of hydrogen-bond donors (Lipinski definition) is 2. The quantitative estimate of drug-likeness (QED) is 0.258. The molecule has 0 spiro atoms. The molecule has 0 saturated carbocycles. The zero-order chi connectivity index (χ0) is 24.8. The lowest BCUT2D eigenvalue weighted by atomic mass is 10.0. The second-order valence-electron chi connectivity index (χ2n) is 7.55. The van der Waals surface area contributed by atoms with E-state index in [1.807, 2.05) is 48.5 Å². The minimum Gasteiger partial charge on any atom is -0.322 e. The summed E-state index contributed by atoms with van der Waals surface area (Å²) in [4.78, 5) is 21.2. The van der Waals surface area contributed by atoms with E-state index in [1.165, 1.54) is 30.5 Å². The second kappa shape index (κ2) is 10.5. The number of hydrogen-bond acceptors (Lipinski definition) is 5. The topological polar surface area (TPSA) is 101 Å². The molecule has 1 heterocycles. The number of rotatable bonds is 7. The molecule has 3 aromatic carbocycles. The summed E-state index contributed by atoms with van der Waals surface area (Å²) < 4.78 is 27.7. The molecule has 0 aliphatic heterocycles. The van der Waals surface area contributed by atoms with Crippen LogP contribution in [-0.2, 0) is 14.8 Å². The molecule has 0 unspecified atom stereocenters. The van der Waals surface area contributed by atoms with Gasteiger partial charge in [-0.1, -0.05) is 60.1 Å². The summed E-state index contributed by atoms with van der Waals surface area (Å²) in [6.07, 6.45) is 3.19. The third-order valence-corrected chi connectivity index (χ3v) is 6.67. The molecule has 0 bridgehead atoms. The maximum Gasteiger partial charge on any atom is 0.264 e. The molecule has 0 aliphatic carbocycles. The highest BCUT2D eigenvalue weighted by atomic mass is 35.5. The summed E-state index contributed by atoms with van der Waals surface area (Å²) >= 11 is 6.30. The van der Waals surface area contributed by atoms with E-state index >= 15 is 0 Å². The van der Waals surface area contributed by atoms with Crippen LogP contribution in [0.4, 0.5) is 11.6 Å². The smallest absolute Gasteiger partial charge is 0.264 e. The van der Waals surface area contributed by atoms with E-state index in [0.29, 0.717) is 33.1 Å². The first-order valence-electron chi connectivity index (χ1n) is 10.6. The molecule has 7 nitrogen and oxygen atoms in total. The summed E-state index contributed by atoms with van der Waals surface area (Å²) in [5.41, 5.74) is 2.89. The molecule has 1 amide bonds. The lowest BCUT2D eigenvalue weighted by molar-refractivity contribution is -0.111. The Hall–Kier alpha value is -4.01. The zero-order valence-corrected chi connectivity index (χ0v) is 20.2. The van der Waals surface area contributed by atoms with Crippen LogP contribution in [0.5, 0.6) is 0 Å². The molecule has 2 N–H and O–H groups in total. The molecule has 1 aromatic heterocycles. The minimum atomic E-state index is -3.89. The van der Waals surface area contributed by atoms with Gasteiger partial charge < -0.3 is 5.32 Å². The van der Waals surface area contributed by atoms with E-state index in [9.17, 15) is 13.2 Å². The molecule has 0 fully saturated rings. The predicted molar refractivity (Wildman–Crippen MR) is 138 cm³/mol. The molecular formula is C26H21ClN4O3S. The number of carbonyl (C=O) groups excluding carboxylic acids is 1. The van der Waals surface area contributed by atoms with Crippen molar-refractivity contribution in [3.63, 3.8) is 0 Å². The first-order chi connectivity index (χ1) is 16.8. The van der Waals surface area contributed by atoms with Crippen LogP contribution < -0.4 is 10.0 Å². The largest absolute Gasteiger partial charge is 0.322 e. The normalized spacial score (nSPS) is 11.7. The van der Waals surface area contributed by atoms with E-state index in [4.69, 9.17) is 11.6 Å². The number of nitrogens with one attached hydrogen (secondary N) is 2. The number of halogens is 1. The second-order valence-corrected chi connectivity index (χ2v) is 9.64. The molecule has 0 radical (unpaired) electrons. The number of anilines is 2. The van der Waals surface area contributed by atoms with E-state index in [0.717, 1.165) is 0 Å². The Balaban J connectivity index is 1.56. The molecule has 176 valence electrons. The van der Waals surface area contributed by atoms with Crippen molar-refractivity contribution in [2.45, 2.75) is 11.8 Å². The number of aryl methyl sites for hydroxylation is 1. The van der Waals surface area contributed by atoms with Crippen molar-refractivity contribution in [3.05, 3.63) is 113 Å². The molecule has 35 heavy (non-hydrogen) atoms. The fourth-order valence-electron chi connectivity index (χ4n) is 3.24. The van der Waals surface area contributed by atoms with Gasteiger partial charge in [-0.2, -0.15) is 0 Å². The van der Waals surface area contributed by atoms with Crippen LogP contribution in [0.3, 0.4) is 0 Å². The van der Waals surface area contributed by atoms with Crippen LogP contribution in [0.1, 0.15) is 16.8 Å². The standard InChI is InChI=1S/C26H21ClN4O3S/c1-18-15-16-28-26(29-18)31-35(33,34)22-13-11-21(12-14-22)30-25(32)23(19-7-3-2-4-8-19)17-20-9-5-6-10-24(20)27/h2-17H,1H3,(H,30,32)(H,28,29,31)/b23-17+. The van der Waals surface area contributed by atoms with Crippen molar-refractivity contribution in [1.29, 1.82) is 0 Å². The summed E-state index contributed by atoms with van der Waals surface area (Å²) in [6.45, 7) is 1.74. The summed E-state index contributed by atoms with van der Waals surface area (Å²) in [7, 11) is -3.89. The van der Waals surface area contributed by atoms with Crippen molar-refractivity contribution in [3.8, 4) is 0 Å². The molecule has 9 heteroatoms. The van der Waals surface area contributed by atoms with Gasteiger partial charge >= 0.3 is 0 Å². The lowest BCUT2D eigenvalue weighted by Crippen LogP contribution is -2.16. The average Bonchev–Trinajstić information content (AvgIpc) is 2.84. The highest BCUT2D eigenvalue weighted by Crippen LogP contribution is 2.25. The van der Waals surface area contributed by atoms with Gasteiger partial charge in [-0.25, -0.2) is 23.1 Å². The zero-order valence-electron chi connectivity index (χ0n) is 18.6. The third-order valence-electron chi connectivity index (χ3n) is 4.98. The maximum absolute atomic E-state index is 13.2. The number of aromatic nitrogens is 2. The van der Waals surface area contributed by atoms with E-state index in [1.54, 1.807) is 25.1 Å². The number of benzene rings is 3. The molecule has 4 aromatic rings. The summed E-state index contributed by atoms with van der Waals surface area (Å²) in [6, 6.07) is 23.9. The van der Waals surface area contributed by atoms with E-state index < -0.39 is 10.0 Å². The van der Waals surface area contributed by atoms with Gasteiger partial charge in [0, 0.05) is 28.2 Å². The average molecular weight is 505 g/mol. The Labute approximate surface area is 208 Å². The van der Waals surface area contributed by atoms with Crippen molar-refractivity contribution >= 4 is 50.8 Å². The van der Waals surface area contributed by atoms with Crippen LogP contribution in [-0.4, -0.2) is 24.3 Å². The van der Waals surface area contributed by atoms with Gasteiger partial charge in [-0.15, -0.1) is 0 Å². The van der Waals surface area contributed by atoms with Gasteiger partial charge in [0.2, 0.25) is 5.95 Å². The van der Waals surface area contributed by atoms with Gasteiger partial charge in [-0.05, 0) is 60.5 Å². The first-order valence-corrected chi connectivity index (χ1v) is 12.4. The Kier molecular flexibility index (Phi) is 7.24. The van der Waals surface area contributed by atoms with Gasteiger partial charge in [0.05, 0.1) is 4.90 Å². The SMILES string of the molecule is Cc1ccnc(NS(=O)(=O)c2ccc(NC(=O)/C(=C/c3ccccc3Cl)c3ccccc3)cc2)n1. The Morgan fingerprint density at radius 2 is 1.60 bits per heavy atom. The Bertz CT molecular complexity index is 1490. The van der Waals surface area contributed by atoms with Crippen LogP contribution >= 0.6 is 11.6 Å². The van der Waals surface area contributed by atoms with Gasteiger partial charge in [0.25, 0.3) is 15.9 Å². The summed E-state index contributed by atoms with van der Waals surface area (Å²) in [5, 5.41) is 3.35. The third kappa shape index (κ3) is 6.11. The number of amides is 1. The van der Waals surface area contributed by atoms with E-state index in [-0.39, 0.29) is 16.8 Å². The van der Waals surface area contributed by atoms with Crippen LogP contribution in [0.2, 0.25) is 5.02 Å². The monoisotopic (exact) mass is 504 g/mol. The molecule has 0 atom stereocenters. The van der Waals surface area contributed by atoms with Crippen molar-refractivity contribution in [2.24, 2.45) is 0 Å². The Morgan fingerprint density at radius 3 is 2.29 bits per heavy atom. The molecule has 4 rings (SSSR count). The number of carbonyl (C=O) groups is 1. The van der Waals surface area contributed by atoms with Gasteiger partial charge in [0.1, 0.15) is 0 Å². The maximum atomic E-state index is 13.2. The van der Waals surface area contributed by atoms with Crippen molar-refractivity contribution in [2.75, 3.05) is 10.0 Å². The number of nitrogens with zero attached hydrogens (tertiary/aromatic N) is 2. The van der Waals surface area contributed by atoms with Crippen molar-refractivity contribution in [1.82, 2.24) is 9.97 Å². The van der Waals surface area contributed by atoms with Gasteiger partial charge in [-0.3, -0.25) is 4.79 Å². The van der Waals surface area contributed by atoms with E-state index in [2.05, 4.69) is 20.0 Å². The lowest BCUT2D eigenvalue weighted by Gasteiger charge is -2.11. The molecular weight excluding hydrogens is 484 g/mol. The predicted octanol–water partition coefficient (Wildman–Crippen LogP) is 5.42. The first kappa shape index (κ1) is 24.1. The molecule has 0 aliphatic rings. The fourth-order valence-corrected chi connectivity index (χ4v) is 4.38. The van der Waals surface area contributed by atoms with Crippen LogP contribution in [0, 0.1) is 6.92 Å². The molecule has 0 saturated heterocycles. The van der Waals surface area contributed by atoms with Gasteiger partial charge in [0.15, 0.2) is 0 Å². The Morgan fingerprint density at radius 1 is 0.914 bits per heavy atom. The van der Waals surface area contributed by atoms with Crippen molar-refractivity contribution < 1.29 is 13.2 Å². The fraction of sp³-hybridized carbons (Fsp3) is 0.0385. The summed E-state index contributed by atoms with van der Waals surface area (Å²) in [5.74, 6) is -0.377. The number of sulfonamides is 1.